The van der Waals surface area contributed by atoms with Crippen LogP contribution in [0.25, 0.3) is 0 Å². The molecule has 0 spiro atoms. The third-order valence-corrected chi connectivity index (χ3v) is 5.89. The molecule has 1 heterocycles. The van der Waals surface area contributed by atoms with Crippen LogP contribution in [0.3, 0.4) is 0 Å². The van der Waals surface area contributed by atoms with Gasteiger partial charge >= 0.3 is 0 Å². The van der Waals surface area contributed by atoms with E-state index >= 15 is 0 Å². The average Bonchev–Trinajstić information content (AvgIpc) is 3.24. The molecule has 1 aliphatic rings. The molecule has 1 fully saturated rings. The number of hydrogen-bond acceptors (Lipinski definition) is 3. The highest BCUT2D eigenvalue weighted by atomic mass is 32.1. The molecule has 0 bridgehead atoms. The van der Waals surface area contributed by atoms with E-state index in [9.17, 15) is 0 Å². The fourth-order valence-corrected chi connectivity index (χ4v) is 3.89. The van der Waals surface area contributed by atoms with Gasteiger partial charge in [-0.3, -0.25) is 4.99 Å². The van der Waals surface area contributed by atoms with E-state index in [1.54, 1.807) is 11.3 Å². The summed E-state index contributed by atoms with van der Waals surface area (Å²) in [5.74, 6) is 0.850. The van der Waals surface area contributed by atoms with Crippen molar-refractivity contribution < 1.29 is 0 Å². The Morgan fingerprint density at radius 3 is 2.71 bits per heavy atom. The lowest BCUT2D eigenvalue weighted by molar-refractivity contribution is 0.642. The van der Waals surface area contributed by atoms with Crippen LogP contribution in [0.4, 0.5) is 0 Å². The van der Waals surface area contributed by atoms with Gasteiger partial charge in [-0.1, -0.05) is 31.2 Å². The minimum absolute atomic E-state index is 0.277. The summed E-state index contributed by atoms with van der Waals surface area (Å²) in [4.78, 5) is 10.1. The van der Waals surface area contributed by atoms with Crippen molar-refractivity contribution in [3.63, 3.8) is 0 Å². The van der Waals surface area contributed by atoms with Gasteiger partial charge in [-0.05, 0) is 37.3 Å². The summed E-state index contributed by atoms with van der Waals surface area (Å²) < 4.78 is 0. The fourth-order valence-electron chi connectivity index (χ4n) is 3.09. The van der Waals surface area contributed by atoms with E-state index < -0.39 is 0 Å². The largest absolute Gasteiger partial charge is 0.356 e. The maximum atomic E-state index is 4.45. The Labute approximate surface area is 148 Å². The van der Waals surface area contributed by atoms with Crippen molar-refractivity contribution in [2.75, 3.05) is 13.6 Å². The number of aromatic nitrogens is 1. The number of benzene rings is 1. The van der Waals surface area contributed by atoms with Gasteiger partial charge < -0.3 is 10.6 Å². The summed E-state index contributed by atoms with van der Waals surface area (Å²) in [5.41, 5.74) is 3.13. The van der Waals surface area contributed by atoms with Gasteiger partial charge in [0.25, 0.3) is 0 Å². The second-order valence-electron chi connectivity index (χ2n) is 6.45. The van der Waals surface area contributed by atoms with Crippen LogP contribution >= 0.6 is 11.3 Å². The average molecular weight is 343 g/mol. The number of aryl methyl sites for hydroxylation is 2. The number of thiazole rings is 1. The molecule has 0 amide bonds. The summed E-state index contributed by atoms with van der Waals surface area (Å²) in [6.45, 7) is 6.01. The molecule has 4 nitrogen and oxygen atoms in total. The molecule has 1 aromatic carbocycles. The lowest BCUT2D eigenvalue weighted by Gasteiger charge is -2.20. The highest BCUT2D eigenvalue weighted by Gasteiger charge is 2.44. The second kappa shape index (κ2) is 7.34. The highest BCUT2D eigenvalue weighted by molar-refractivity contribution is 7.11. The molecule has 0 radical (unpaired) electrons. The molecule has 0 atom stereocenters. The predicted molar refractivity (Wildman–Crippen MR) is 102 cm³/mol. The summed E-state index contributed by atoms with van der Waals surface area (Å²) in [5, 5.41) is 7.99. The van der Waals surface area contributed by atoms with Crippen LogP contribution in [0.15, 0.2) is 35.5 Å². The Balaban J connectivity index is 1.56. The van der Waals surface area contributed by atoms with Crippen LogP contribution in [-0.4, -0.2) is 24.5 Å². The standard InChI is InChI=1S/C19H26N4S/c1-4-15-11-21-17(24-15)12-22-18(20-3)23-13-19(9-10-19)16-8-6-5-7-14(16)2/h5-8,11H,4,9-10,12-13H2,1-3H3,(H2,20,22,23). The Hall–Kier alpha value is -1.88. The molecule has 0 unspecified atom stereocenters. The van der Waals surface area contributed by atoms with Crippen molar-refractivity contribution in [2.45, 2.75) is 45.1 Å². The lowest BCUT2D eigenvalue weighted by atomic mass is 9.92. The zero-order chi connectivity index (χ0) is 17.0. The van der Waals surface area contributed by atoms with Crippen LogP contribution in [0, 0.1) is 6.92 Å². The Kier molecular flexibility index (Phi) is 5.19. The van der Waals surface area contributed by atoms with E-state index in [0.717, 1.165) is 30.5 Å². The monoisotopic (exact) mass is 342 g/mol. The minimum atomic E-state index is 0.277. The summed E-state index contributed by atoms with van der Waals surface area (Å²) in [7, 11) is 1.82. The molecule has 1 saturated carbocycles. The van der Waals surface area contributed by atoms with E-state index in [2.05, 4.69) is 58.7 Å². The SMILES string of the molecule is CCc1cnc(CNC(=NC)NCC2(c3ccccc3C)CC2)s1. The first-order valence-corrected chi connectivity index (χ1v) is 9.43. The van der Waals surface area contributed by atoms with E-state index in [0.29, 0.717) is 0 Å². The van der Waals surface area contributed by atoms with Crippen LogP contribution in [-0.2, 0) is 18.4 Å². The van der Waals surface area contributed by atoms with Gasteiger partial charge in [0.05, 0.1) is 6.54 Å². The molecule has 1 aromatic heterocycles. The number of nitrogens with one attached hydrogen (secondary N) is 2. The van der Waals surface area contributed by atoms with Gasteiger partial charge in [0.2, 0.25) is 0 Å². The van der Waals surface area contributed by atoms with E-state index in [1.165, 1.54) is 28.8 Å². The number of guanidine groups is 1. The van der Waals surface area contributed by atoms with Crippen molar-refractivity contribution in [2.24, 2.45) is 4.99 Å². The Morgan fingerprint density at radius 2 is 2.08 bits per heavy atom. The van der Waals surface area contributed by atoms with Crippen molar-refractivity contribution in [3.8, 4) is 0 Å². The first-order chi connectivity index (χ1) is 11.7. The van der Waals surface area contributed by atoms with Gasteiger partial charge in [-0.25, -0.2) is 4.98 Å². The van der Waals surface area contributed by atoms with Crippen molar-refractivity contribution in [1.29, 1.82) is 0 Å². The minimum Gasteiger partial charge on any atom is -0.356 e. The molecule has 2 aromatic rings. The van der Waals surface area contributed by atoms with E-state index in [-0.39, 0.29) is 5.41 Å². The summed E-state index contributed by atoms with van der Waals surface area (Å²) in [6.07, 6.45) is 5.50. The van der Waals surface area contributed by atoms with Crippen LogP contribution in [0.2, 0.25) is 0 Å². The van der Waals surface area contributed by atoms with Crippen LogP contribution in [0.5, 0.6) is 0 Å². The maximum absolute atomic E-state index is 4.45. The first-order valence-electron chi connectivity index (χ1n) is 8.61. The molecular weight excluding hydrogens is 316 g/mol. The van der Waals surface area contributed by atoms with Crippen LogP contribution < -0.4 is 10.6 Å². The maximum Gasteiger partial charge on any atom is 0.191 e. The molecule has 0 saturated heterocycles. The number of rotatable bonds is 6. The van der Waals surface area contributed by atoms with Crippen LogP contribution in [0.1, 0.15) is 40.8 Å². The van der Waals surface area contributed by atoms with Gasteiger partial charge in [-0.2, -0.15) is 0 Å². The predicted octanol–water partition coefficient (Wildman–Crippen LogP) is 3.41. The third kappa shape index (κ3) is 3.78. The molecular formula is C19H26N4S. The Morgan fingerprint density at radius 1 is 1.29 bits per heavy atom. The quantitative estimate of drug-likeness (QED) is 0.625. The van der Waals surface area contributed by atoms with Crippen molar-refractivity contribution in [1.82, 2.24) is 15.6 Å². The molecule has 2 N–H and O–H groups in total. The summed E-state index contributed by atoms with van der Waals surface area (Å²) >= 11 is 1.76. The number of aliphatic imine (C=N–C) groups is 1. The van der Waals surface area contributed by atoms with Gasteiger partial charge in [0.15, 0.2) is 5.96 Å². The normalized spacial score (nSPS) is 16.0. The topological polar surface area (TPSA) is 49.3 Å². The van der Waals surface area contributed by atoms with E-state index in [1.807, 2.05) is 13.2 Å². The number of hydrogen-bond donors (Lipinski definition) is 2. The molecule has 3 rings (SSSR count). The lowest BCUT2D eigenvalue weighted by Crippen LogP contribution is -2.41. The molecule has 1 aliphatic carbocycles. The molecule has 128 valence electrons. The van der Waals surface area contributed by atoms with Gasteiger partial charge in [0.1, 0.15) is 5.01 Å². The molecule has 0 aliphatic heterocycles. The second-order valence-corrected chi connectivity index (χ2v) is 7.65. The van der Waals surface area contributed by atoms with Crippen molar-refractivity contribution in [3.05, 3.63) is 51.5 Å². The highest BCUT2D eigenvalue weighted by Crippen LogP contribution is 2.48. The zero-order valence-corrected chi connectivity index (χ0v) is 15.5. The fraction of sp³-hybridized carbons (Fsp3) is 0.474. The number of nitrogens with zero attached hydrogens (tertiary/aromatic N) is 2. The smallest absolute Gasteiger partial charge is 0.191 e. The molecule has 5 heteroatoms. The summed E-state index contributed by atoms with van der Waals surface area (Å²) in [6, 6.07) is 8.73. The van der Waals surface area contributed by atoms with Crippen molar-refractivity contribution >= 4 is 17.3 Å². The third-order valence-electron chi connectivity index (χ3n) is 4.74. The zero-order valence-electron chi connectivity index (χ0n) is 14.7. The van der Waals surface area contributed by atoms with Gasteiger partial charge in [-0.15, -0.1) is 11.3 Å². The Bertz CT molecular complexity index is 716. The van der Waals surface area contributed by atoms with Gasteiger partial charge in [0, 0.05) is 30.1 Å². The molecule has 24 heavy (non-hydrogen) atoms. The van der Waals surface area contributed by atoms with E-state index in [4.69, 9.17) is 0 Å². The first kappa shape index (κ1) is 17.0.